The molecule has 2 unspecified atom stereocenters. The van der Waals surface area contributed by atoms with E-state index in [0.717, 1.165) is 77.5 Å². The van der Waals surface area contributed by atoms with Crippen LogP contribution in [-0.2, 0) is 4.79 Å². The molecular formula is C22H42IN5O2. The summed E-state index contributed by atoms with van der Waals surface area (Å²) >= 11 is 0. The van der Waals surface area contributed by atoms with Crippen molar-refractivity contribution in [1.82, 2.24) is 20.0 Å². The normalized spacial score (nSPS) is 27.7. The molecule has 0 bridgehead atoms. The van der Waals surface area contributed by atoms with Gasteiger partial charge >= 0.3 is 0 Å². The molecule has 174 valence electrons. The monoisotopic (exact) mass is 535 g/mol. The smallest absolute Gasteiger partial charge is 0.236 e. The number of hydrogen-bond donors (Lipinski definition) is 2. The lowest BCUT2D eigenvalue weighted by Gasteiger charge is -2.39. The molecule has 30 heavy (non-hydrogen) atoms. The number of nitrogens with zero attached hydrogens (tertiary/aromatic N) is 4. The maximum atomic E-state index is 12.8. The summed E-state index contributed by atoms with van der Waals surface area (Å²) in [7, 11) is 0. The van der Waals surface area contributed by atoms with Crippen LogP contribution in [0.4, 0.5) is 0 Å². The zero-order valence-corrected chi connectivity index (χ0v) is 21.4. The number of rotatable bonds is 5. The molecule has 0 aromatic heterocycles. The highest BCUT2D eigenvalue weighted by molar-refractivity contribution is 14.0. The van der Waals surface area contributed by atoms with Crippen molar-refractivity contribution in [2.24, 2.45) is 16.8 Å². The van der Waals surface area contributed by atoms with Crippen LogP contribution in [0, 0.1) is 11.8 Å². The van der Waals surface area contributed by atoms with Gasteiger partial charge in [-0.15, -0.1) is 24.0 Å². The molecule has 2 saturated heterocycles. The fourth-order valence-corrected chi connectivity index (χ4v) is 5.11. The largest absolute Gasteiger partial charge is 0.388 e. The van der Waals surface area contributed by atoms with Crippen LogP contribution in [-0.4, -0.2) is 96.2 Å². The van der Waals surface area contributed by atoms with Gasteiger partial charge in [-0.25, -0.2) is 0 Å². The molecule has 0 radical (unpaired) electrons. The number of likely N-dealkylation sites (tertiary alicyclic amines) is 1. The first-order valence-corrected chi connectivity index (χ1v) is 11.6. The summed E-state index contributed by atoms with van der Waals surface area (Å²) < 4.78 is 0. The SMILES string of the molecule is CCNC(=NCC1(O)CCCC1)N1CCN(CC(=O)N2CC(C)CC(C)C2)CC1.I. The number of halogens is 1. The Bertz CT molecular complexity index is 564. The third-order valence-electron chi connectivity index (χ3n) is 6.64. The standard InChI is InChI=1S/C22H41N5O2.HI/c1-4-23-21(24-17-22(29)7-5-6-8-22)26-11-9-25(10-12-26)16-20(28)27-14-18(2)13-19(3)15-27;/h18-19,29H,4-17H2,1-3H3,(H,23,24);1H. The number of hydrogen-bond acceptors (Lipinski definition) is 4. The fraction of sp³-hybridized carbons (Fsp3) is 0.909. The fourth-order valence-electron chi connectivity index (χ4n) is 5.11. The van der Waals surface area contributed by atoms with Gasteiger partial charge in [0.25, 0.3) is 0 Å². The third kappa shape index (κ3) is 7.22. The number of carbonyl (C=O) groups is 1. The van der Waals surface area contributed by atoms with E-state index in [0.29, 0.717) is 24.9 Å². The second-order valence-electron chi connectivity index (χ2n) is 9.61. The summed E-state index contributed by atoms with van der Waals surface area (Å²) in [6.07, 6.45) is 5.15. The van der Waals surface area contributed by atoms with Gasteiger partial charge in [0.15, 0.2) is 5.96 Å². The van der Waals surface area contributed by atoms with Crippen LogP contribution in [0.3, 0.4) is 0 Å². The highest BCUT2D eigenvalue weighted by atomic mass is 127. The van der Waals surface area contributed by atoms with Gasteiger partial charge in [-0.1, -0.05) is 26.7 Å². The number of carbonyl (C=O) groups excluding carboxylic acids is 1. The Labute approximate surface area is 199 Å². The summed E-state index contributed by atoms with van der Waals surface area (Å²) in [5.74, 6) is 2.39. The van der Waals surface area contributed by atoms with Gasteiger partial charge in [-0.05, 0) is 38.0 Å². The van der Waals surface area contributed by atoms with Crippen LogP contribution < -0.4 is 5.32 Å². The molecule has 2 heterocycles. The van der Waals surface area contributed by atoms with E-state index < -0.39 is 5.60 Å². The molecule has 2 aliphatic heterocycles. The van der Waals surface area contributed by atoms with Gasteiger partial charge in [0, 0.05) is 45.8 Å². The van der Waals surface area contributed by atoms with Gasteiger partial charge in [0.05, 0.1) is 18.7 Å². The Morgan fingerprint density at radius 3 is 2.23 bits per heavy atom. The van der Waals surface area contributed by atoms with Crippen molar-refractivity contribution in [3.8, 4) is 0 Å². The van der Waals surface area contributed by atoms with Gasteiger partial charge in [0.2, 0.25) is 5.91 Å². The molecule has 1 saturated carbocycles. The third-order valence-corrected chi connectivity index (χ3v) is 6.64. The van der Waals surface area contributed by atoms with Crippen molar-refractivity contribution in [3.05, 3.63) is 0 Å². The highest BCUT2D eigenvalue weighted by Crippen LogP contribution is 2.29. The highest BCUT2D eigenvalue weighted by Gasteiger charge is 2.32. The molecule has 2 N–H and O–H groups in total. The van der Waals surface area contributed by atoms with Crippen molar-refractivity contribution in [2.75, 3.05) is 58.9 Å². The van der Waals surface area contributed by atoms with Crippen LogP contribution in [0.15, 0.2) is 4.99 Å². The van der Waals surface area contributed by atoms with Crippen LogP contribution in [0.25, 0.3) is 0 Å². The Morgan fingerprint density at radius 1 is 1.07 bits per heavy atom. The van der Waals surface area contributed by atoms with Crippen LogP contribution in [0.1, 0.15) is 52.9 Å². The number of piperidine rings is 1. The first kappa shape index (κ1) is 25.6. The molecule has 3 rings (SSSR count). The van der Waals surface area contributed by atoms with E-state index >= 15 is 0 Å². The minimum atomic E-state index is -0.613. The van der Waals surface area contributed by atoms with Gasteiger partial charge < -0.3 is 20.2 Å². The van der Waals surface area contributed by atoms with E-state index in [-0.39, 0.29) is 29.9 Å². The lowest BCUT2D eigenvalue weighted by molar-refractivity contribution is -0.135. The van der Waals surface area contributed by atoms with E-state index in [1.165, 1.54) is 6.42 Å². The molecule has 0 aromatic carbocycles. The molecule has 1 amide bonds. The van der Waals surface area contributed by atoms with Gasteiger partial charge in [-0.2, -0.15) is 0 Å². The minimum absolute atomic E-state index is 0. The lowest BCUT2D eigenvalue weighted by atomic mass is 9.92. The van der Waals surface area contributed by atoms with E-state index in [2.05, 4.69) is 40.8 Å². The molecule has 8 heteroatoms. The Kier molecular flexibility index (Phi) is 10.1. The maximum Gasteiger partial charge on any atom is 0.236 e. The van der Waals surface area contributed by atoms with E-state index in [1.54, 1.807) is 0 Å². The lowest BCUT2D eigenvalue weighted by Crippen LogP contribution is -2.55. The predicted octanol–water partition coefficient (Wildman–Crippen LogP) is 2.00. The first-order valence-electron chi connectivity index (χ1n) is 11.6. The summed E-state index contributed by atoms with van der Waals surface area (Å²) in [5, 5.41) is 14.0. The summed E-state index contributed by atoms with van der Waals surface area (Å²) in [5.41, 5.74) is -0.613. The topological polar surface area (TPSA) is 71.4 Å². The quantitative estimate of drug-likeness (QED) is 0.320. The van der Waals surface area contributed by atoms with Crippen molar-refractivity contribution < 1.29 is 9.90 Å². The number of amides is 1. The van der Waals surface area contributed by atoms with Crippen LogP contribution >= 0.6 is 24.0 Å². The Hall–Kier alpha value is -0.610. The molecule has 1 aliphatic carbocycles. The van der Waals surface area contributed by atoms with E-state index in [9.17, 15) is 9.90 Å². The second-order valence-corrected chi connectivity index (χ2v) is 9.61. The average molecular weight is 536 g/mol. The average Bonchev–Trinajstić information content (AvgIpc) is 3.12. The van der Waals surface area contributed by atoms with Crippen LogP contribution in [0.5, 0.6) is 0 Å². The molecule has 2 atom stereocenters. The first-order chi connectivity index (χ1) is 13.9. The van der Waals surface area contributed by atoms with E-state index in [4.69, 9.17) is 4.99 Å². The Morgan fingerprint density at radius 2 is 1.67 bits per heavy atom. The molecule has 0 aromatic rings. The minimum Gasteiger partial charge on any atom is -0.388 e. The maximum absolute atomic E-state index is 12.8. The zero-order chi connectivity index (χ0) is 20.9. The summed E-state index contributed by atoms with van der Waals surface area (Å²) in [6.45, 7) is 13.7. The summed E-state index contributed by atoms with van der Waals surface area (Å²) in [4.78, 5) is 24.1. The number of aliphatic hydroxyl groups is 1. The van der Waals surface area contributed by atoms with Crippen molar-refractivity contribution in [2.45, 2.75) is 58.5 Å². The Balaban J connectivity index is 0.00000320. The number of guanidine groups is 1. The molecule has 3 aliphatic rings. The number of nitrogens with one attached hydrogen (secondary N) is 1. The van der Waals surface area contributed by atoms with E-state index in [1.807, 2.05) is 0 Å². The summed E-state index contributed by atoms with van der Waals surface area (Å²) in [6, 6.07) is 0. The van der Waals surface area contributed by atoms with Crippen molar-refractivity contribution in [1.29, 1.82) is 0 Å². The molecule has 3 fully saturated rings. The van der Waals surface area contributed by atoms with Crippen molar-refractivity contribution in [3.63, 3.8) is 0 Å². The number of aliphatic imine (C=N–C) groups is 1. The predicted molar refractivity (Wildman–Crippen MR) is 132 cm³/mol. The molecular weight excluding hydrogens is 493 g/mol. The van der Waals surface area contributed by atoms with Gasteiger partial charge in [-0.3, -0.25) is 14.7 Å². The van der Waals surface area contributed by atoms with Gasteiger partial charge in [0.1, 0.15) is 0 Å². The molecule has 0 spiro atoms. The van der Waals surface area contributed by atoms with Crippen molar-refractivity contribution >= 4 is 35.8 Å². The molecule has 7 nitrogen and oxygen atoms in total. The zero-order valence-electron chi connectivity index (χ0n) is 19.1. The van der Waals surface area contributed by atoms with Crippen LogP contribution in [0.2, 0.25) is 0 Å². The number of piperazine rings is 1. The second kappa shape index (κ2) is 11.9.